The predicted molar refractivity (Wildman–Crippen MR) is 113 cm³/mol. The number of aldehydes is 1. The number of hydrogen-bond donors (Lipinski definition) is 3. The summed E-state index contributed by atoms with van der Waals surface area (Å²) in [5, 5.41) is 19.0. The number of aliphatic hydroxyl groups excluding tert-OH is 1. The molecule has 0 saturated carbocycles. The lowest BCUT2D eigenvalue weighted by Crippen LogP contribution is -2.10. The molecule has 3 N–H and O–H groups in total. The summed E-state index contributed by atoms with van der Waals surface area (Å²) in [6.07, 6.45) is 2.53. The third-order valence-electron chi connectivity index (χ3n) is 4.08. The quantitative estimate of drug-likeness (QED) is 0.712. The van der Waals surface area contributed by atoms with Crippen molar-refractivity contribution in [1.29, 1.82) is 0 Å². The molecule has 4 nitrogen and oxygen atoms in total. The zero-order valence-electron chi connectivity index (χ0n) is 17.4. The van der Waals surface area contributed by atoms with Crippen molar-refractivity contribution < 1.29 is 15.0 Å². The van der Waals surface area contributed by atoms with E-state index in [0.29, 0.717) is 6.42 Å². The van der Waals surface area contributed by atoms with Gasteiger partial charge in [-0.3, -0.25) is 0 Å². The van der Waals surface area contributed by atoms with Gasteiger partial charge in [-0.05, 0) is 74.9 Å². The number of hydrogen-bond acceptors (Lipinski definition) is 4. The molecule has 148 valence electrons. The van der Waals surface area contributed by atoms with E-state index in [0.717, 1.165) is 26.4 Å². The fourth-order valence-corrected chi connectivity index (χ4v) is 3.06. The normalized spacial score (nSPS) is 12.0. The van der Waals surface area contributed by atoms with Crippen LogP contribution < -0.4 is 5.32 Å². The summed E-state index contributed by atoms with van der Waals surface area (Å²) in [6.45, 7) is 10.4. The molecule has 0 aromatic heterocycles. The largest absolute Gasteiger partial charge is 0.400 e. The summed E-state index contributed by atoms with van der Waals surface area (Å²) in [4.78, 5) is 11.0. The molecule has 0 saturated heterocycles. The molecule has 3 rings (SSSR count). The molecule has 0 atom stereocenters. The standard InChI is InChI=1S/C18H19NO.C4H10O.CH4O/c1-12-3-5-14(6-4-12)18-15(8-10-20)13(2)11-17-16(18)7-9-19-17;1-4(2,3)5;1-2/h3-6,10-11,19H,7-9H2,1-2H3;5H,1-3H3;2H,1H3. The van der Waals surface area contributed by atoms with Crippen molar-refractivity contribution >= 4 is 12.0 Å². The van der Waals surface area contributed by atoms with E-state index < -0.39 is 5.60 Å². The van der Waals surface area contributed by atoms with E-state index in [-0.39, 0.29) is 0 Å². The highest BCUT2D eigenvalue weighted by Gasteiger charge is 2.20. The number of carbonyl (C=O) groups excluding carboxylic acids is 1. The molecule has 0 radical (unpaired) electrons. The molecule has 4 heteroatoms. The van der Waals surface area contributed by atoms with E-state index in [9.17, 15) is 4.79 Å². The van der Waals surface area contributed by atoms with Crippen LogP contribution in [0.2, 0.25) is 0 Å². The van der Waals surface area contributed by atoms with Gasteiger partial charge in [0.1, 0.15) is 6.29 Å². The van der Waals surface area contributed by atoms with Gasteiger partial charge in [-0.1, -0.05) is 29.8 Å². The van der Waals surface area contributed by atoms with E-state index >= 15 is 0 Å². The van der Waals surface area contributed by atoms with Crippen molar-refractivity contribution in [2.75, 3.05) is 19.0 Å². The number of fused-ring (bicyclic) bond motifs is 1. The van der Waals surface area contributed by atoms with Crippen LogP contribution in [0.3, 0.4) is 0 Å². The molecule has 2 aromatic rings. The van der Waals surface area contributed by atoms with Gasteiger partial charge in [0.2, 0.25) is 0 Å². The minimum absolute atomic E-state index is 0.488. The second kappa shape index (κ2) is 10.2. The Morgan fingerprint density at radius 3 is 2.19 bits per heavy atom. The van der Waals surface area contributed by atoms with Gasteiger partial charge in [-0.15, -0.1) is 0 Å². The maximum Gasteiger partial charge on any atom is 0.124 e. The average Bonchev–Trinajstić information content (AvgIpc) is 3.05. The fourth-order valence-electron chi connectivity index (χ4n) is 3.06. The number of anilines is 1. The van der Waals surface area contributed by atoms with Gasteiger partial charge in [0.25, 0.3) is 0 Å². The topological polar surface area (TPSA) is 69.6 Å². The Kier molecular flexibility index (Phi) is 8.67. The van der Waals surface area contributed by atoms with Crippen molar-refractivity contribution in [3.63, 3.8) is 0 Å². The van der Waals surface area contributed by atoms with E-state index in [4.69, 9.17) is 10.2 Å². The van der Waals surface area contributed by atoms with Crippen LogP contribution in [0.4, 0.5) is 5.69 Å². The number of aryl methyl sites for hydroxylation is 2. The van der Waals surface area contributed by atoms with Crippen molar-refractivity contribution in [3.05, 3.63) is 52.6 Å². The smallest absolute Gasteiger partial charge is 0.124 e. The molecule has 1 heterocycles. The van der Waals surface area contributed by atoms with Crippen LogP contribution in [0, 0.1) is 13.8 Å². The molecule has 0 amide bonds. The van der Waals surface area contributed by atoms with Crippen LogP contribution in [-0.2, 0) is 17.6 Å². The van der Waals surface area contributed by atoms with Gasteiger partial charge in [0.15, 0.2) is 0 Å². The van der Waals surface area contributed by atoms with E-state index in [1.54, 1.807) is 20.8 Å². The van der Waals surface area contributed by atoms with Crippen LogP contribution in [0.1, 0.15) is 43.0 Å². The summed E-state index contributed by atoms with van der Waals surface area (Å²) in [5.41, 5.74) is 8.19. The highest BCUT2D eigenvalue weighted by molar-refractivity contribution is 5.82. The molecule has 1 aliphatic rings. The Bertz CT molecular complexity index is 738. The second-order valence-electron chi connectivity index (χ2n) is 7.66. The molecule has 0 unspecified atom stereocenters. The number of carbonyl (C=O) groups is 1. The number of aliphatic hydroxyl groups is 2. The highest BCUT2D eigenvalue weighted by atomic mass is 16.3. The van der Waals surface area contributed by atoms with E-state index in [2.05, 4.69) is 49.5 Å². The summed E-state index contributed by atoms with van der Waals surface area (Å²) in [5.74, 6) is 0. The molecule has 0 spiro atoms. The average molecular weight is 372 g/mol. The SMILES string of the molecule is CC(C)(C)O.CO.Cc1ccc(-c2c(CC=O)c(C)cc3c2CCN3)cc1. The minimum Gasteiger partial charge on any atom is -0.400 e. The van der Waals surface area contributed by atoms with Crippen molar-refractivity contribution in [3.8, 4) is 11.1 Å². The summed E-state index contributed by atoms with van der Waals surface area (Å²) in [7, 11) is 1.00. The molecule has 0 fully saturated rings. The monoisotopic (exact) mass is 371 g/mol. The summed E-state index contributed by atoms with van der Waals surface area (Å²) < 4.78 is 0. The van der Waals surface area contributed by atoms with Gasteiger partial charge < -0.3 is 20.3 Å². The van der Waals surface area contributed by atoms with Gasteiger partial charge in [-0.2, -0.15) is 0 Å². The molecule has 27 heavy (non-hydrogen) atoms. The third-order valence-corrected chi connectivity index (χ3v) is 4.08. The lowest BCUT2D eigenvalue weighted by molar-refractivity contribution is -0.107. The highest BCUT2D eigenvalue weighted by Crippen LogP contribution is 2.38. The zero-order valence-corrected chi connectivity index (χ0v) is 17.4. The molecule has 1 aliphatic heterocycles. The first-order chi connectivity index (χ1) is 12.7. The third kappa shape index (κ3) is 6.81. The van der Waals surface area contributed by atoms with Gasteiger partial charge in [0, 0.05) is 25.8 Å². The molecular formula is C23H33NO3. The first-order valence-electron chi connectivity index (χ1n) is 9.27. The zero-order chi connectivity index (χ0) is 20.6. The lowest BCUT2D eigenvalue weighted by atomic mass is 9.88. The first kappa shape index (κ1) is 22.9. The van der Waals surface area contributed by atoms with Crippen LogP contribution >= 0.6 is 0 Å². The number of rotatable bonds is 3. The van der Waals surface area contributed by atoms with Gasteiger partial charge >= 0.3 is 0 Å². The van der Waals surface area contributed by atoms with Crippen molar-refractivity contribution in [2.45, 2.75) is 53.1 Å². The van der Waals surface area contributed by atoms with Gasteiger partial charge in [0.05, 0.1) is 5.60 Å². The van der Waals surface area contributed by atoms with Crippen LogP contribution in [0.5, 0.6) is 0 Å². The lowest BCUT2D eigenvalue weighted by Gasteiger charge is -2.16. The summed E-state index contributed by atoms with van der Waals surface area (Å²) in [6, 6.07) is 10.8. The number of nitrogens with one attached hydrogen (secondary N) is 1. The first-order valence-corrected chi connectivity index (χ1v) is 9.27. The Morgan fingerprint density at radius 1 is 1.11 bits per heavy atom. The summed E-state index contributed by atoms with van der Waals surface area (Å²) >= 11 is 0. The Morgan fingerprint density at radius 2 is 1.67 bits per heavy atom. The Hall–Kier alpha value is -2.17. The van der Waals surface area contributed by atoms with Crippen LogP contribution in [0.25, 0.3) is 11.1 Å². The van der Waals surface area contributed by atoms with Crippen LogP contribution in [0.15, 0.2) is 30.3 Å². The molecular weight excluding hydrogens is 338 g/mol. The molecule has 2 aromatic carbocycles. The van der Waals surface area contributed by atoms with Gasteiger partial charge in [-0.25, -0.2) is 0 Å². The molecule has 0 aliphatic carbocycles. The van der Waals surface area contributed by atoms with Crippen molar-refractivity contribution in [2.24, 2.45) is 0 Å². The maximum absolute atomic E-state index is 11.0. The Labute approximate surface area is 163 Å². The van der Waals surface area contributed by atoms with Crippen molar-refractivity contribution in [1.82, 2.24) is 0 Å². The van der Waals surface area contributed by atoms with E-state index in [1.807, 2.05) is 0 Å². The molecule has 0 bridgehead atoms. The maximum atomic E-state index is 11.0. The Balaban J connectivity index is 0.000000454. The predicted octanol–water partition coefficient (Wildman–Crippen LogP) is 4.07. The minimum atomic E-state index is -0.500. The number of benzene rings is 2. The van der Waals surface area contributed by atoms with Crippen LogP contribution in [-0.4, -0.2) is 35.8 Å². The fraction of sp³-hybridized carbons (Fsp3) is 0.435. The van der Waals surface area contributed by atoms with E-state index in [1.165, 1.54) is 39.1 Å². The second-order valence-corrected chi connectivity index (χ2v) is 7.66.